The Hall–Kier alpha value is -2.20. The van der Waals surface area contributed by atoms with Gasteiger partial charge >= 0.3 is 5.97 Å². The van der Waals surface area contributed by atoms with E-state index >= 15 is 0 Å². The summed E-state index contributed by atoms with van der Waals surface area (Å²) in [6.07, 6.45) is 0. The third-order valence-corrected chi connectivity index (χ3v) is 3.37. The second-order valence-electron chi connectivity index (χ2n) is 4.29. The summed E-state index contributed by atoms with van der Waals surface area (Å²) in [5.74, 6) is 0.893. The molecule has 0 saturated heterocycles. The first-order valence-corrected chi connectivity index (χ1v) is 6.58. The van der Waals surface area contributed by atoms with E-state index in [2.05, 4.69) is 4.74 Å². The molecule has 0 aliphatic rings. The van der Waals surface area contributed by atoms with Gasteiger partial charge < -0.3 is 14.2 Å². The fraction of sp³-hybridized carbons (Fsp3) is 0.188. The molecule has 4 nitrogen and oxygen atoms in total. The Bertz CT molecular complexity index is 645. The highest BCUT2D eigenvalue weighted by molar-refractivity contribution is 6.33. The smallest absolute Gasteiger partial charge is 0.339 e. The minimum Gasteiger partial charge on any atom is -0.497 e. The van der Waals surface area contributed by atoms with E-state index in [4.69, 9.17) is 21.1 Å². The fourth-order valence-corrected chi connectivity index (χ4v) is 2.20. The summed E-state index contributed by atoms with van der Waals surface area (Å²) in [5.41, 5.74) is 2.06. The number of ether oxygens (including phenoxy) is 3. The van der Waals surface area contributed by atoms with Crippen molar-refractivity contribution in [2.24, 2.45) is 0 Å². The number of rotatable bonds is 4. The number of hydrogen-bond donors (Lipinski definition) is 0. The average molecular weight is 307 g/mol. The molecule has 0 N–H and O–H groups in total. The van der Waals surface area contributed by atoms with E-state index in [0.717, 1.165) is 11.1 Å². The summed E-state index contributed by atoms with van der Waals surface area (Å²) in [4.78, 5) is 11.5. The molecule has 0 fully saturated rings. The lowest BCUT2D eigenvalue weighted by molar-refractivity contribution is 0.0601. The number of esters is 1. The van der Waals surface area contributed by atoms with Crippen molar-refractivity contribution >= 4 is 17.6 Å². The van der Waals surface area contributed by atoms with Crippen LogP contribution in [-0.2, 0) is 4.74 Å². The number of halogens is 1. The molecule has 110 valence electrons. The molecular weight excluding hydrogens is 292 g/mol. The van der Waals surface area contributed by atoms with Crippen molar-refractivity contribution < 1.29 is 19.0 Å². The molecule has 0 unspecified atom stereocenters. The Balaban J connectivity index is 2.47. The topological polar surface area (TPSA) is 44.8 Å². The van der Waals surface area contributed by atoms with Crippen molar-refractivity contribution in [3.8, 4) is 22.6 Å². The Kier molecular flexibility index (Phi) is 4.70. The van der Waals surface area contributed by atoms with Gasteiger partial charge in [-0.05, 0) is 35.4 Å². The van der Waals surface area contributed by atoms with Crippen LogP contribution in [0.2, 0.25) is 5.02 Å². The highest BCUT2D eigenvalue weighted by Crippen LogP contribution is 2.32. The summed E-state index contributed by atoms with van der Waals surface area (Å²) in [5, 5.41) is 0.334. The zero-order chi connectivity index (χ0) is 15.4. The lowest BCUT2D eigenvalue weighted by Gasteiger charge is -2.10. The second-order valence-corrected chi connectivity index (χ2v) is 4.69. The van der Waals surface area contributed by atoms with Crippen molar-refractivity contribution in [2.75, 3.05) is 21.3 Å². The third-order valence-electron chi connectivity index (χ3n) is 3.06. The maximum atomic E-state index is 11.5. The van der Waals surface area contributed by atoms with Crippen LogP contribution in [0.5, 0.6) is 11.5 Å². The molecule has 0 aliphatic carbocycles. The van der Waals surface area contributed by atoms with Gasteiger partial charge in [0.2, 0.25) is 0 Å². The first-order valence-electron chi connectivity index (χ1n) is 6.20. The predicted octanol–water partition coefficient (Wildman–Crippen LogP) is 3.81. The summed E-state index contributed by atoms with van der Waals surface area (Å²) >= 11 is 6.14. The molecule has 0 atom stereocenters. The Morgan fingerprint density at radius 1 is 0.905 bits per heavy atom. The molecule has 0 radical (unpaired) electrons. The van der Waals surface area contributed by atoms with Crippen molar-refractivity contribution in [2.45, 2.75) is 0 Å². The van der Waals surface area contributed by atoms with Crippen LogP contribution in [0.1, 0.15) is 10.4 Å². The number of carbonyl (C=O) groups is 1. The van der Waals surface area contributed by atoms with Crippen LogP contribution in [0, 0.1) is 0 Å². The van der Waals surface area contributed by atoms with Gasteiger partial charge in [-0.3, -0.25) is 0 Å². The molecule has 0 aromatic heterocycles. The van der Waals surface area contributed by atoms with E-state index < -0.39 is 5.97 Å². The van der Waals surface area contributed by atoms with Crippen LogP contribution in [0.15, 0.2) is 36.4 Å². The van der Waals surface area contributed by atoms with Gasteiger partial charge in [-0.25, -0.2) is 4.79 Å². The zero-order valence-electron chi connectivity index (χ0n) is 12.0. The first kappa shape index (κ1) is 15.2. The van der Waals surface area contributed by atoms with Crippen LogP contribution >= 0.6 is 11.6 Å². The summed E-state index contributed by atoms with van der Waals surface area (Å²) in [7, 11) is 4.50. The lowest BCUT2D eigenvalue weighted by Crippen LogP contribution is -2.01. The Morgan fingerprint density at radius 3 is 2.00 bits per heavy atom. The Morgan fingerprint density at radius 2 is 1.52 bits per heavy atom. The normalized spacial score (nSPS) is 10.1. The quantitative estimate of drug-likeness (QED) is 0.806. The molecule has 0 amide bonds. The van der Waals surface area contributed by atoms with E-state index in [-0.39, 0.29) is 0 Å². The van der Waals surface area contributed by atoms with Crippen LogP contribution in [-0.4, -0.2) is 27.3 Å². The van der Waals surface area contributed by atoms with Gasteiger partial charge in [0.05, 0.1) is 31.9 Å². The molecule has 0 bridgehead atoms. The maximum absolute atomic E-state index is 11.5. The molecule has 0 heterocycles. The predicted molar refractivity (Wildman–Crippen MR) is 81.3 cm³/mol. The molecule has 0 aliphatic heterocycles. The van der Waals surface area contributed by atoms with Gasteiger partial charge in [0.25, 0.3) is 0 Å². The van der Waals surface area contributed by atoms with Gasteiger partial charge in [0.1, 0.15) is 11.5 Å². The first-order chi connectivity index (χ1) is 10.1. The zero-order valence-corrected chi connectivity index (χ0v) is 12.7. The molecule has 0 spiro atoms. The van der Waals surface area contributed by atoms with Crippen molar-refractivity contribution in [1.29, 1.82) is 0 Å². The van der Waals surface area contributed by atoms with Crippen LogP contribution in [0.3, 0.4) is 0 Å². The minimum atomic E-state index is -0.463. The number of hydrogen-bond acceptors (Lipinski definition) is 4. The largest absolute Gasteiger partial charge is 0.497 e. The molecule has 0 saturated carbocycles. The Labute approximate surface area is 128 Å². The monoisotopic (exact) mass is 306 g/mol. The van der Waals surface area contributed by atoms with E-state index in [1.807, 2.05) is 12.1 Å². The van der Waals surface area contributed by atoms with Crippen LogP contribution < -0.4 is 9.47 Å². The standard InChI is InChI=1S/C16H15ClO4/c1-19-12-6-11(7-13(9-12)20-2)10-4-5-14(15(17)8-10)16(18)21-3/h4-9H,1-3H3. The highest BCUT2D eigenvalue weighted by Gasteiger charge is 2.12. The van der Waals surface area contributed by atoms with Crippen molar-refractivity contribution in [1.82, 2.24) is 0 Å². The molecule has 5 heteroatoms. The van der Waals surface area contributed by atoms with Crippen LogP contribution in [0.4, 0.5) is 0 Å². The van der Waals surface area contributed by atoms with Crippen molar-refractivity contribution in [3.05, 3.63) is 47.0 Å². The van der Waals surface area contributed by atoms with E-state index in [0.29, 0.717) is 22.1 Å². The second kappa shape index (κ2) is 6.50. The fourth-order valence-electron chi connectivity index (χ4n) is 1.94. The number of carbonyl (C=O) groups excluding carboxylic acids is 1. The molecule has 2 rings (SSSR count). The molecule has 2 aromatic carbocycles. The molecule has 21 heavy (non-hydrogen) atoms. The third kappa shape index (κ3) is 3.28. The van der Waals surface area contributed by atoms with Crippen molar-refractivity contribution in [3.63, 3.8) is 0 Å². The van der Waals surface area contributed by atoms with Gasteiger partial charge in [0, 0.05) is 6.07 Å². The summed E-state index contributed by atoms with van der Waals surface area (Å²) in [6, 6.07) is 10.7. The summed E-state index contributed by atoms with van der Waals surface area (Å²) < 4.78 is 15.2. The number of benzene rings is 2. The number of methoxy groups -OCH3 is 3. The minimum absolute atomic E-state index is 0.331. The van der Waals surface area contributed by atoms with E-state index in [1.54, 1.807) is 38.5 Å². The highest BCUT2D eigenvalue weighted by atomic mass is 35.5. The van der Waals surface area contributed by atoms with Gasteiger partial charge in [0.15, 0.2) is 0 Å². The van der Waals surface area contributed by atoms with Crippen LogP contribution in [0.25, 0.3) is 11.1 Å². The average Bonchev–Trinajstić information content (AvgIpc) is 2.53. The van der Waals surface area contributed by atoms with Gasteiger partial charge in [-0.1, -0.05) is 17.7 Å². The molecule has 2 aromatic rings. The molecular formula is C16H15ClO4. The van der Waals surface area contributed by atoms with Gasteiger partial charge in [-0.2, -0.15) is 0 Å². The lowest BCUT2D eigenvalue weighted by atomic mass is 10.0. The van der Waals surface area contributed by atoms with Gasteiger partial charge in [-0.15, -0.1) is 0 Å². The summed E-state index contributed by atoms with van der Waals surface area (Å²) in [6.45, 7) is 0. The maximum Gasteiger partial charge on any atom is 0.339 e. The SMILES string of the molecule is COC(=O)c1ccc(-c2cc(OC)cc(OC)c2)cc1Cl. The van der Waals surface area contributed by atoms with E-state index in [9.17, 15) is 4.79 Å². The van der Waals surface area contributed by atoms with E-state index in [1.165, 1.54) is 7.11 Å².